The number of halogens is 2. The SMILES string of the molecule is Cc1cc(C(=O)N(C)Cc2ccc(F)cc2)sc1Br. The zero-order chi connectivity index (χ0) is 14.0. The number of aryl methyl sites for hydroxylation is 1. The molecule has 0 fully saturated rings. The highest BCUT2D eigenvalue weighted by molar-refractivity contribution is 9.11. The summed E-state index contributed by atoms with van der Waals surface area (Å²) >= 11 is 4.84. The van der Waals surface area contributed by atoms with Crippen LogP contribution in [0.2, 0.25) is 0 Å². The van der Waals surface area contributed by atoms with Crippen molar-refractivity contribution in [2.45, 2.75) is 13.5 Å². The van der Waals surface area contributed by atoms with Gasteiger partial charge in [-0.25, -0.2) is 4.39 Å². The molecule has 0 aliphatic carbocycles. The molecule has 0 N–H and O–H groups in total. The Hall–Kier alpha value is -1.20. The van der Waals surface area contributed by atoms with E-state index in [1.165, 1.54) is 23.5 Å². The number of amides is 1. The molecule has 2 aromatic rings. The Morgan fingerprint density at radius 2 is 2.00 bits per heavy atom. The van der Waals surface area contributed by atoms with Crippen molar-refractivity contribution in [1.82, 2.24) is 4.90 Å². The minimum Gasteiger partial charge on any atom is -0.337 e. The van der Waals surface area contributed by atoms with Crippen molar-refractivity contribution < 1.29 is 9.18 Å². The van der Waals surface area contributed by atoms with E-state index in [0.717, 1.165) is 14.9 Å². The molecule has 19 heavy (non-hydrogen) atoms. The predicted octanol–water partition coefficient (Wildman–Crippen LogP) is 4.23. The van der Waals surface area contributed by atoms with Gasteiger partial charge in [-0.15, -0.1) is 11.3 Å². The van der Waals surface area contributed by atoms with E-state index in [0.29, 0.717) is 11.4 Å². The van der Waals surface area contributed by atoms with E-state index in [-0.39, 0.29) is 11.7 Å². The molecule has 0 spiro atoms. The predicted molar refractivity (Wildman–Crippen MR) is 79.0 cm³/mol. The van der Waals surface area contributed by atoms with Crippen LogP contribution in [0.3, 0.4) is 0 Å². The Morgan fingerprint density at radius 3 is 2.53 bits per heavy atom. The summed E-state index contributed by atoms with van der Waals surface area (Å²) in [4.78, 5) is 14.6. The van der Waals surface area contributed by atoms with Crippen molar-refractivity contribution >= 4 is 33.2 Å². The van der Waals surface area contributed by atoms with E-state index in [1.54, 1.807) is 24.1 Å². The average Bonchev–Trinajstić information content (AvgIpc) is 2.71. The normalized spacial score (nSPS) is 10.5. The summed E-state index contributed by atoms with van der Waals surface area (Å²) in [5, 5.41) is 0. The summed E-state index contributed by atoms with van der Waals surface area (Å²) in [7, 11) is 1.74. The first-order valence-electron chi connectivity index (χ1n) is 5.73. The second-order valence-corrected chi connectivity index (χ2v) is 6.73. The van der Waals surface area contributed by atoms with Gasteiger partial charge in [-0.05, 0) is 52.2 Å². The lowest BCUT2D eigenvalue weighted by atomic mass is 10.2. The van der Waals surface area contributed by atoms with E-state index in [9.17, 15) is 9.18 Å². The molecule has 1 amide bonds. The lowest BCUT2D eigenvalue weighted by molar-refractivity contribution is 0.0790. The van der Waals surface area contributed by atoms with Crippen LogP contribution in [0.15, 0.2) is 34.1 Å². The Morgan fingerprint density at radius 1 is 1.37 bits per heavy atom. The highest BCUT2D eigenvalue weighted by Crippen LogP contribution is 2.28. The Balaban J connectivity index is 2.09. The van der Waals surface area contributed by atoms with Crippen molar-refractivity contribution in [3.63, 3.8) is 0 Å². The molecule has 0 radical (unpaired) electrons. The quantitative estimate of drug-likeness (QED) is 0.817. The van der Waals surface area contributed by atoms with Crippen molar-refractivity contribution in [2.24, 2.45) is 0 Å². The van der Waals surface area contributed by atoms with Gasteiger partial charge in [-0.3, -0.25) is 4.79 Å². The van der Waals surface area contributed by atoms with Gasteiger partial charge in [0, 0.05) is 13.6 Å². The number of thiophene rings is 1. The molecule has 1 aromatic carbocycles. The lowest BCUT2D eigenvalue weighted by Crippen LogP contribution is -2.25. The monoisotopic (exact) mass is 341 g/mol. The molecule has 2 nitrogen and oxygen atoms in total. The van der Waals surface area contributed by atoms with Gasteiger partial charge >= 0.3 is 0 Å². The van der Waals surface area contributed by atoms with Crippen LogP contribution in [0.4, 0.5) is 4.39 Å². The number of nitrogens with zero attached hydrogens (tertiary/aromatic N) is 1. The van der Waals surface area contributed by atoms with E-state index in [4.69, 9.17) is 0 Å². The molecule has 0 bridgehead atoms. The summed E-state index contributed by atoms with van der Waals surface area (Å²) in [5.41, 5.74) is 1.97. The van der Waals surface area contributed by atoms with Crippen LogP contribution in [0.25, 0.3) is 0 Å². The van der Waals surface area contributed by atoms with Crippen LogP contribution in [0.5, 0.6) is 0 Å². The van der Waals surface area contributed by atoms with Gasteiger partial charge in [0.2, 0.25) is 0 Å². The zero-order valence-corrected chi connectivity index (χ0v) is 13.0. The van der Waals surface area contributed by atoms with E-state index < -0.39 is 0 Å². The second kappa shape index (κ2) is 5.84. The lowest BCUT2D eigenvalue weighted by Gasteiger charge is -2.16. The third kappa shape index (κ3) is 3.42. The highest BCUT2D eigenvalue weighted by atomic mass is 79.9. The fourth-order valence-electron chi connectivity index (χ4n) is 1.69. The molecule has 100 valence electrons. The maximum Gasteiger partial charge on any atom is 0.264 e. The Labute approximate surface area is 124 Å². The highest BCUT2D eigenvalue weighted by Gasteiger charge is 2.15. The van der Waals surface area contributed by atoms with Crippen LogP contribution >= 0.6 is 27.3 Å². The van der Waals surface area contributed by atoms with Gasteiger partial charge in [-0.1, -0.05) is 12.1 Å². The maximum atomic E-state index is 12.8. The van der Waals surface area contributed by atoms with Crippen LogP contribution in [-0.2, 0) is 6.54 Å². The molecular weight excluding hydrogens is 329 g/mol. The zero-order valence-electron chi connectivity index (χ0n) is 10.6. The number of hydrogen-bond donors (Lipinski definition) is 0. The molecule has 1 aromatic heterocycles. The largest absolute Gasteiger partial charge is 0.337 e. The maximum absolute atomic E-state index is 12.8. The molecule has 2 rings (SSSR count). The number of carbonyl (C=O) groups excluding carboxylic acids is 1. The van der Waals surface area contributed by atoms with Gasteiger partial charge in [0.25, 0.3) is 5.91 Å². The molecule has 0 aliphatic rings. The first-order valence-corrected chi connectivity index (χ1v) is 7.34. The van der Waals surface area contributed by atoms with Crippen LogP contribution in [0.1, 0.15) is 20.8 Å². The molecule has 0 saturated carbocycles. The van der Waals surface area contributed by atoms with E-state index in [2.05, 4.69) is 15.9 Å². The summed E-state index contributed by atoms with van der Waals surface area (Å²) in [5.74, 6) is -0.293. The van der Waals surface area contributed by atoms with Crippen LogP contribution in [-0.4, -0.2) is 17.9 Å². The molecule has 0 unspecified atom stereocenters. The molecule has 0 saturated heterocycles. The Kier molecular flexibility index (Phi) is 4.37. The second-order valence-electron chi connectivity index (χ2n) is 4.36. The molecule has 0 atom stereocenters. The first-order chi connectivity index (χ1) is 8.97. The number of rotatable bonds is 3. The van der Waals surface area contributed by atoms with E-state index in [1.807, 2.05) is 13.0 Å². The van der Waals surface area contributed by atoms with Crippen molar-refractivity contribution in [2.75, 3.05) is 7.05 Å². The topological polar surface area (TPSA) is 20.3 Å². The molecule has 5 heteroatoms. The van der Waals surface area contributed by atoms with Crippen LogP contribution in [0, 0.1) is 12.7 Å². The summed E-state index contributed by atoms with van der Waals surface area (Å²) < 4.78 is 13.8. The fourth-order valence-corrected chi connectivity index (χ4v) is 3.22. The molecule has 1 heterocycles. The number of hydrogen-bond acceptors (Lipinski definition) is 2. The summed E-state index contributed by atoms with van der Waals surface area (Å²) in [6.07, 6.45) is 0. The van der Waals surface area contributed by atoms with Gasteiger partial charge < -0.3 is 4.90 Å². The third-order valence-corrected chi connectivity index (χ3v) is 4.87. The molecular formula is C14H13BrFNOS. The number of benzene rings is 1. The number of carbonyl (C=O) groups is 1. The van der Waals surface area contributed by atoms with Gasteiger partial charge in [0.15, 0.2) is 0 Å². The van der Waals surface area contributed by atoms with Crippen molar-refractivity contribution in [1.29, 1.82) is 0 Å². The summed E-state index contributed by atoms with van der Waals surface area (Å²) in [6, 6.07) is 8.06. The molecule has 0 aliphatic heterocycles. The van der Waals surface area contributed by atoms with Gasteiger partial charge in [0.05, 0.1) is 8.66 Å². The van der Waals surface area contributed by atoms with Gasteiger partial charge in [0.1, 0.15) is 5.82 Å². The Bertz CT molecular complexity index is 574. The first kappa shape index (κ1) is 14.2. The minimum atomic E-state index is -0.268. The van der Waals surface area contributed by atoms with Crippen molar-refractivity contribution in [3.05, 3.63) is 55.9 Å². The average molecular weight is 342 g/mol. The van der Waals surface area contributed by atoms with E-state index >= 15 is 0 Å². The van der Waals surface area contributed by atoms with Crippen LogP contribution < -0.4 is 0 Å². The third-order valence-electron chi connectivity index (χ3n) is 2.75. The fraction of sp³-hybridized carbons (Fsp3) is 0.214. The standard InChI is InChI=1S/C14H13BrFNOS/c1-9-7-12(19-13(9)15)14(18)17(2)8-10-3-5-11(16)6-4-10/h3-7H,8H2,1-2H3. The smallest absolute Gasteiger partial charge is 0.264 e. The minimum absolute atomic E-state index is 0.0249. The van der Waals surface area contributed by atoms with Gasteiger partial charge in [-0.2, -0.15) is 0 Å². The van der Waals surface area contributed by atoms with Crippen molar-refractivity contribution in [3.8, 4) is 0 Å². The summed E-state index contributed by atoms with van der Waals surface area (Å²) in [6.45, 7) is 2.42.